The highest BCUT2D eigenvalue weighted by Crippen LogP contribution is 2.41. The van der Waals surface area contributed by atoms with Gasteiger partial charge in [-0.2, -0.15) is 0 Å². The van der Waals surface area contributed by atoms with Crippen molar-refractivity contribution in [2.75, 3.05) is 20.3 Å². The molecule has 1 fully saturated rings. The van der Waals surface area contributed by atoms with Crippen LogP contribution in [0.3, 0.4) is 0 Å². The molecule has 0 amide bonds. The maximum absolute atomic E-state index is 5.78. The molecule has 162 valence electrons. The minimum atomic E-state index is 0.00250. The third-order valence-corrected chi connectivity index (χ3v) is 6.35. The molecular formula is C25H30N4OS. The summed E-state index contributed by atoms with van der Waals surface area (Å²) in [5.74, 6) is 0. The van der Waals surface area contributed by atoms with Crippen LogP contribution >= 0.6 is 12.2 Å². The normalized spacial score (nSPS) is 18.5. The number of aromatic nitrogens is 2. The van der Waals surface area contributed by atoms with Crippen LogP contribution in [0.2, 0.25) is 0 Å². The zero-order chi connectivity index (χ0) is 22.0. The van der Waals surface area contributed by atoms with Crippen LogP contribution in [0, 0.1) is 20.8 Å². The van der Waals surface area contributed by atoms with Gasteiger partial charge >= 0.3 is 0 Å². The second-order valence-corrected chi connectivity index (χ2v) is 8.55. The van der Waals surface area contributed by atoms with Crippen LogP contribution < -0.4 is 5.32 Å². The van der Waals surface area contributed by atoms with Gasteiger partial charge in [0.25, 0.3) is 0 Å². The lowest BCUT2D eigenvalue weighted by Crippen LogP contribution is -2.31. The SMILES string of the molecule is COCCCN1C(=S)N[C@H](c2ccccn2)[C@H]1c1cc(C)n(-c2cccc(C)c2)c1C. The summed E-state index contributed by atoms with van der Waals surface area (Å²) in [4.78, 5) is 6.95. The standard InChI is InChI=1S/C25H30N4OS/c1-17-9-7-10-20(15-17)29-18(2)16-21(19(29)3)24-23(22-11-5-6-12-26-22)27-25(31)28(24)13-8-14-30-4/h5-7,9-12,15-16,23-24H,8,13-14H2,1-4H3,(H,27,31)/t23-,24-/m1/s1. The number of pyridine rings is 1. The third-order valence-electron chi connectivity index (χ3n) is 5.99. The monoisotopic (exact) mass is 434 g/mol. The number of nitrogens with zero attached hydrogens (tertiary/aromatic N) is 3. The number of hydrogen-bond acceptors (Lipinski definition) is 3. The van der Waals surface area contributed by atoms with Crippen LogP contribution in [0.1, 0.15) is 46.7 Å². The minimum Gasteiger partial charge on any atom is -0.385 e. The Balaban J connectivity index is 1.79. The number of methoxy groups -OCH3 is 1. The topological polar surface area (TPSA) is 42.3 Å². The van der Waals surface area contributed by atoms with E-state index in [1.54, 1.807) is 7.11 Å². The lowest BCUT2D eigenvalue weighted by molar-refractivity contribution is 0.180. The fourth-order valence-electron chi connectivity index (χ4n) is 4.62. The highest BCUT2D eigenvalue weighted by atomic mass is 32.1. The van der Waals surface area contributed by atoms with Gasteiger partial charge in [0.2, 0.25) is 0 Å². The largest absolute Gasteiger partial charge is 0.385 e. The molecule has 1 aliphatic heterocycles. The number of rotatable bonds is 7. The summed E-state index contributed by atoms with van der Waals surface area (Å²) in [7, 11) is 1.74. The summed E-state index contributed by atoms with van der Waals surface area (Å²) < 4.78 is 7.64. The fourth-order valence-corrected chi connectivity index (χ4v) is 4.95. The Morgan fingerprint density at radius 3 is 2.65 bits per heavy atom. The van der Waals surface area contributed by atoms with Crippen LogP contribution in [-0.4, -0.2) is 39.8 Å². The first kappa shape index (κ1) is 21.5. The molecule has 0 unspecified atom stereocenters. The molecule has 5 nitrogen and oxygen atoms in total. The molecule has 0 saturated carbocycles. The maximum atomic E-state index is 5.78. The molecule has 0 radical (unpaired) electrons. The van der Waals surface area contributed by atoms with Gasteiger partial charge in [-0.05, 0) is 80.9 Å². The maximum Gasteiger partial charge on any atom is 0.170 e. The second kappa shape index (κ2) is 9.20. The Morgan fingerprint density at radius 1 is 1.10 bits per heavy atom. The zero-order valence-electron chi connectivity index (χ0n) is 18.6. The molecule has 31 heavy (non-hydrogen) atoms. The van der Waals surface area contributed by atoms with Gasteiger partial charge in [0.1, 0.15) is 0 Å². The Morgan fingerprint density at radius 2 is 1.94 bits per heavy atom. The second-order valence-electron chi connectivity index (χ2n) is 8.17. The molecule has 0 aliphatic carbocycles. The van der Waals surface area contributed by atoms with Crippen molar-refractivity contribution in [3.8, 4) is 5.69 Å². The Kier molecular flexibility index (Phi) is 6.39. The van der Waals surface area contributed by atoms with E-state index in [0.29, 0.717) is 6.61 Å². The quantitative estimate of drug-likeness (QED) is 0.427. The van der Waals surface area contributed by atoms with Crippen LogP contribution in [0.4, 0.5) is 0 Å². The molecule has 0 bridgehead atoms. The summed E-state index contributed by atoms with van der Waals surface area (Å²) >= 11 is 5.78. The lowest BCUT2D eigenvalue weighted by atomic mass is 9.96. The van der Waals surface area contributed by atoms with E-state index >= 15 is 0 Å². The smallest absolute Gasteiger partial charge is 0.170 e. The van der Waals surface area contributed by atoms with Gasteiger partial charge in [0, 0.05) is 43.5 Å². The average molecular weight is 435 g/mol. The van der Waals surface area contributed by atoms with Crippen molar-refractivity contribution in [2.24, 2.45) is 0 Å². The van der Waals surface area contributed by atoms with Gasteiger partial charge < -0.3 is 19.5 Å². The van der Waals surface area contributed by atoms with E-state index in [0.717, 1.165) is 23.8 Å². The fraction of sp³-hybridized carbons (Fsp3) is 0.360. The first-order valence-electron chi connectivity index (χ1n) is 10.7. The van der Waals surface area contributed by atoms with E-state index in [2.05, 4.69) is 76.9 Å². The number of nitrogens with one attached hydrogen (secondary N) is 1. The van der Waals surface area contributed by atoms with Crippen molar-refractivity contribution < 1.29 is 4.74 Å². The predicted molar refractivity (Wildman–Crippen MR) is 129 cm³/mol. The summed E-state index contributed by atoms with van der Waals surface area (Å²) in [5.41, 5.74) is 7.17. The molecule has 2 aromatic heterocycles. The van der Waals surface area contributed by atoms with Gasteiger partial charge in [0.15, 0.2) is 5.11 Å². The van der Waals surface area contributed by atoms with E-state index in [1.165, 1.54) is 28.2 Å². The highest BCUT2D eigenvalue weighted by molar-refractivity contribution is 7.80. The van der Waals surface area contributed by atoms with Crippen molar-refractivity contribution >= 4 is 17.3 Å². The average Bonchev–Trinajstić information content (AvgIpc) is 3.24. The molecule has 4 rings (SSSR count). The summed E-state index contributed by atoms with van der Waals surface area (Å²) in [6.07, 6.45) is 2.76. The van der Waals surface area contributed by atoms with E-state index < -0.39 is 0 Å². The Hall–Kier alpha value is -2.70. The summed E-state index contributed by atoms with van der Waals surface area (Å²) in [5, 5.41) is 4.32. The first-order chi connectivity index (χ1) is 15.0. The Labute approximate surface area is 190 Å². The Bertz CT molecular complexity index is 1060. The van der Waals surface area contributed by atoms with Crippen LogP contribution in [0.15, 0.2) is 54.7 Å². The first-order valence-corrected chi connectivity index (χ1v) is 11.1. The van der Waals surface area contributed by atoms with Gasteiger partial charge in [-0.25, -0.2) is 0 Å². The van der Waals surface area contributed by atoms with Crippen LogP contribution in [-0.2, 0) is 4.74 Å². The van der Waals surface area contributed by atoms with Gasteiger partial charge in [-0.15, -0.1) is 0 Å². The van der Waals surface area contributed by atoms with E-state index in [4.69, 9.17) is 17.0 Å². The van der Waals surface area contributed by atoms with Crippen molar-refractivity contribution in [3.05, 3.63) is 82.9 Å². The molecular weight excluding hydrogens is 404 g/mol. The van der Waals surface area contributed by atoms with Crippen molar-refractivity contribution in [3.63, 3.8) is 0 Å². The molecule has 1 aliphatic rings. The molecule has 3 heterocycles. The van der Waals surface area contributed by atoms with Gasteiger partial charge in [-0.3, -0.25) is 4.98 Å². The number of hydrogen-bond donors (Lipinski definition) is 1. The summed E-state index contributed by atoms with van der Waals surface area (Å²) in [6, 6.07) is 17.1. The van der Waals surface area contributed by atoms with Crippen molar-refractivity contribution in [1.82, 2.24) is 19.8 Å². The number of ether oxygens (including phenoxy) is 1. The van der Waals surface area contributed by atoms with Crippen molar-refractivity contribution in [1.29, 1.82) is 0 Å². The molecule has 2 atom stereocenters. The highest BCUT2D eigenvalue weighted by Gasteiger charge is 2.41. The molecule has 3 aromatic rings. The summed E-state index contributed by atoms with van der Waals surface area (Å²) in [6.45, 7) is 8.05. The van der Waals surface area contributed by atoms with E-state index in [-0.39, 0.29) is 12.1 Å². The van der Waals surface area contributed by atoms with Gasteiger partial charge in [-0.1, -0.05) is 18.2 Å². The zero-order valence-corrected chi connectivity index (χ0v) is 19.4. The number of thiocarbonyl (C=S) groups is 1. The van der Waals surface area contributed by atoms with Gasteiger partial charge in [0.05, 0.1) is 17.8 Å². The molecule has 6 heteroatoms. The van der Waals surface area contributed by atoms with Crippen LogP contribution in [0.5, 0.6) is 0 Å². The minimum absolute atomic E-state index is 0.00250. The molecule has 0 spiro atoms. The number of benzene rings is 1. The van der Waals surface area contributed by atoms with E-state index in [1.807, 2.05) is 18.3 Å². The molecule has 1 aromatic carbocycles. The predicted octanol–water partition coefficient (Wildman–Crippen LogP) is 4.81. The van der Waals surface area contributed by atoms with Crippen LogP contribution in [0.25, 0.3) is 5.69 Å². The molecule has 1 N–H and O–H groups in total. The number of aryl methyl sites for hydroxylation is 2. The molecule has 1 saturated heterocycles. The third kappa shape index (κ3) is 4.23. The van der Waals surface area contributed by atoms with Crippen molar-refractivity contribution in [2.45, 2.75) is 39.3 Å². The lowest BCUT2D eigenvalue weighted by Gasteiger charge is -2.28. The van der Waals surface area contributed by atoms with E-state index in [9.17, 15) is 0 Å².